The van der Waals surface area contributed by atoms with Gasteiger partial charge in [-0.1, -0.05) is 86.5 Å². The van der Waals surface area contributed by atoms with E-state index in [2.05, 4.69) is 51.3 Å². The summed E-state index contributed by atoms with van der Waals surface area (Å²) in [7, 11) is 0. The van der Waals surface area contributed by atoms with Gasteiger partial charge in [-0.15, -0.1) is 0 Å². The summed E-state index contributed by atoms with van der Waals surface area (Å²) in [6, 6.07) is 0. The molecule has 0 rings (SSSR count). The first-order valence-electron chi connectivity index (χ1n) is 13.6. The quantitative estimate of drug-likeness (QED) is 0.167. The Morgan fingerprint density at radius 2 is 0.966 bits per heavy atom. The first-order chi connectivity index (χ1) is 14.1. The highest BCUT2D eigenvalue weighted by Crippen LogP contribution is 2.23. The van der Waals surface area contributed by atoms with Crippen molar-refractivity contribution < 1.29 is 0 Å². The van der Waals surface area contributed by atoms with Gasteiger partial charge in [0.2, 0.25) is 0 Å². The molecule has 0 heterocycles. The van der Waals surface area contributed by atoms with E-state index in [1.165, 1.54) is 123 Å². The first-order valence-corrected chi connectivity index (χ1v) is 13.6. The van der Waals surface area contributed by atoms with Crippen LogP contribution < -0.4 is 0 Å². The lowest BCUT2D eigenvalue weighted by Gasteiger charge is -2.32. The summed E-state index contributed by atoms with van der Waals surface area (Å²) in [6.07, 6.45) is 17.7. The predicted octanol–water partition coefficient (Wildman–Crippen LogP) is 8.01. The van der Waals surface area contributed by atoms with Crippen molar-refractivity contribution in [3.8, 4) is 0 Å². The van der Waals surface area contributed by atoms with Crippen molar-refractivity contribution in [2.24, 2.45) is 11.8 Å². The highest BCUT2D eigenvalue weighted by molar-refractivity contribution is 4.73. The number of hydrogen-bond acceptors (Lipinski definition) is 2. The zero-order chi connectivity index (χ0) is 21.7. The zero-order valence-electron chi connectivity index (χ0n) is 21.5. The largest absolute Gasteiger partial charge is 0.303 e. The molecule has 0 saturated carbocycles. The van der Waals surface area contributed by atoms with Crippen LogP contribution >= 0.6 is 0 Å². The van der Waals surface area contributed by atoms with Crippen molar-refractivity contribution in [2.75, 3.05) is 39.3 Å². The average Bonchev–Trinajstić information content (AvgIpc) is 2.72. The molecule has 0 amide bonds. The molecule has 0 aliphatic rings. The lowest BCUT2D eigenvalue weighted by atomic mass is 9.86. The van der Waals surface area contributed by atoms with Crippen LogP contribution in [-0.4, -0.2) is 49.1 Å². The molecule has 0 radical (unpaired) electrons. The molecule has 0 fully saturated rings. The van der Waals surface area contributed by atoms with Gasteiger partial charge in [-0.3, -0.25) is 0 Å². The highest BCUT2D eigenvalue weighted by atomic mass is 15.1. The molecule has 0 aliphatic carbocycles. The van der Waals surface area contributed by atoms with Crippen LogP contribution in [0, 0.1) is 11.8 Å². The summed E-state index contributed by atoms with van der Waals surface area (Å²) in [5, 5.41) is 0. The third kappa shape index (κ3) is 16.3. The highest BCUT2D eigenvalue weighted by Gasteiger charge is 2.20. The Hall–Kier alpha value is -0.0800. The fourth-order valence-corrected chi connectivity index (χ4v) is 4.44. The minimum Gasteiger partial charge on any atom is -0.303 e. The molecule has 0 aliphatic heterocycles. The molecular formula is C27H58N2. The monoisotopic (exact) mass is 410 g/mol. The van der Waals surface area contributed by atoms with Crippen LogP contribution in [0.3, 0.4) is 0 Å². The van der Waals surface area contributed by atoms with E-state index in [-0.39, 0.29) is 0 Å². The summed E-state index contributed by atoms with van der Waals surface area (Å²) in [5.74, 6) is 1.73. The van der Waals surface area contributed by atoms with Crippen LogP contribution in [0.25, 0.3) is 0 Å². The molecule has 0 bridgehead atoms. The van der Waals surface area contributed by atoms with Crippen LogP contribution in [0.5, 0.6) is 0 Å². The normalized spacial score (nSPS) is 14.1. The van der Waals surface area contributed by atoms with Gasteiger partial charge in [0.25, 0.3) is 0 Å². The fourth-order valence-electron chi connectivity index (χ4n) is 4.44. The molecule has 0 aromatic heterocycles. The molecule has 0 saturated heterocycles. The summed E-state index contributed by atoms with van der Waals surface area (Å²) >= 11 is 0. The molecule has 0 N–H and O–H groups in total. The smallest absolute Gasteiger partial charge is 0.00122 e. The number of unbranched alkanes of at least 4 members (excludes halogenated alkanes) is 6. The van der Waals surface area contributed by atoms with E-state index < -0.39 is 0 Å². The molecule has 176 valence electrons. The van der Waals surface area contributed by atoms with Gasteiger partial charge in [0.05, 0.1) is 0 Å². The molecule has 0 aromatic rings. The lowest BCUT2D eigenvalue weighted by molar-refractivity contribution is 0.162. The fraction of sp³-hybridized carbons (Fsp3) is 1.00. The van der Waals surface area contributed by atoms with Gasteiger partial charge in [0.15, 0.2) is 0 Å². The van der Waals surface area contributed by atoms with Crippen molar-refractivity contribution in [1.82, 2.24) is 9.80 Å². The van der Waals surface area contributed by atoms with E-state index in [1.54, 1.807) is 0 Å². The second-order valence-electron chi connectivity index (χ2n) is 9.58. The van der Waals surface area contributed by atoms with Crippen LogP contribution in [0.4, 0.5) is 0 Å². The van der Waals surface area contributed by atoms with Crippen LogP contribution in [0.15, 0.2) is 0 Å². The average molecular weight is 411 g/mol. The minimum absolute atomic E-state index is 0.848. The van der Waals surface area contributed by atoms with Crippen molar-refractivity contribution in [2.45, 2.75) is 125 Å². The second-order valence-corrected chi connectivity index (χ2v) is 9.58. The lowest BCUT2D eigenvalue weighted by Crippen LogP contribution is -2.35. The molecule has 2 unspecified atom stereocenters. The Bertz CT molecular complexity index is 300. The topological polar surface area (TPSA) is 6.48 Å². The first kappa shape index (κ1) is 28.9. The van der Waals surface area contributed by atoms with E-state index in [9.17, 15) is 0 Å². The molecular weight excluding hydrogens is 352 g/mol. The van der Waals surface area contributed by atoms with Crippen molar-refractivity contribution in [3.05, 3.63) is 0 Å². The van der Waals surface area contributed by atoms with Gasteiger partial charge in [0.1, 0.15) is 0 Å². The molecule has 29 heavy (non-hydrogen) atoms. The van der Waals surface area contributed by atoms with E-state index >= 15 is 0 Å². The van der Waals surface area contributed by atoms with Crippen LogP contribution in [0.2, 0.25) is 0 Å². The predicted molar refractivity (Wildman–Crippen MR) is 134 cm³/mol. The summed E-state index contributed by atoms with van der Waals surface area (Å²) < 4.78 is 0. The van der Waals surface area contributed by atoms with Gasteiger partial charge in [0, 0.05) is 6.54 Å². The van der Waals surface area contributed by atoms with E-state index in [0.29, 0.717) is 0 Å². The van der Waals surface area contributed by atoms with Gasteiger partial charge in [-0.25, -0.2) is 0 Å². The number of hydrogen-bond donors (Lipinski definition) is 0. The van der Waals surface area contributed by atoms with Crippen molar-refractivity contribution in [3.63, 3.8) is 0 Å². The Labute approximate surface area is 186 Å². The minimum atomic E-state index is 0.848. The number of rotatable bonds is 22. The summed E-state index contributed by atoms with van der Waals surface area (Å²) in [5.41, 5.74) is 0. The third-order valence-corrected chi connectivity index (χ3v) is 6.67. The summed E-state index contributed by atoms with van der Waals surface area (Å²) in [6.45, 7) is 22.1. The van der Waals surface area contributed by atoms with E-state index in [0.717, 1.165) is 11.8 Å². The second kappa shape index (κ2) is 21.2. The molecule has 2 heteroatoms. The maximum Gasteiger partial charge on any atom is 0.00122 e. The molecule has 0 spiro atoms. The van der Waals surface area contributed by atoms with Crippen molar-refractivity contribution in [1.29, 1.82) is 0 Å². The van der Waals surface area contributed by atoms with E-state index in [4.69, 9.17) is 0 Å². The maximum atomic E-state index is 2.83. The molecule has 2 atom stereocenters. The summed E-state index contributed by atoms with van der Waals surface area (Å²) in [4.78, 5) is 5.58. The van der Waals surface area contributed by atoms with Crippen molar-refractivity contribution >= 4 is 0 Å². The Kier molecular flexibility index (Phi) is 21.1. The third-order valence-electron chi connectivity index (χ3n) is 6.67. The zero-order valence-corrected chi connectivity index (χ0v) is 21.5. The number of nitrogens with zero attached hydrogens (tertiary/aromatic N) is 2. The van der Waals surface area contributed by atoms with Gasteiger partial charge < -0.3 is 9.80 Å². The van der Waals surface area contributed by atoms with Crippen LogP contribution in [0.1, 0.15) is 125 Å². The maximum absolute atomic E-state index is 2.83. The molecule has 0 aromatic carbocycles. The standard InChI is InChI=1S/C27H58N2/c1-7-12-16-22-29(23-17-13-8-2)25-27(18-11-5)26(6)19-24-28(20-14-9-3)21-15-10-4/h26-27H,7-25H2,1-6H3. The van der Waals surface area contributed by atoms with E-state index in [1.807, 2.05) is 0 Å². The Morgan fingerprint density at radius 3 is 1.41 bits per heavy atom. The Balaban J connectivity index is 4.70. The van der Waals surface area contributed by atoms with Crippen LogP contribution in [-0.2, 0) is 0 Å². The Morgan fingerprint density at radius 1 is 0.483 bits per heavy atom. The molecule has 2 nitrogen and oxygen atoms in total. The SMILES string of the molecule is CCCCCN(CCCCC)CC(CCC)C(C)CCN(CCCC)CCCC. The van der Waals surface area contributed by atoms with Gasteiger partial charge in [-0.2, -0.15) is 0 Å². The van der Waals surface area contributed by atoms with Gasteiger partial charge in [-0.05, 0) is 83.1 Å². The van der Waals surface area contributed by atoms with Gasteiger partial charge >= 0.3 is 0 Å².